The lowest BCUT2D eigenvalue weighted by molar-refractivity contribution is 0.666. The summed E-state index contributed by atoms with van der Waals surface area (Å²) in [5.41, 5.74) is 4.97. The molecule has 0 amide bonds. The van der Waals surface area contributed by atoms with Crippen LogP contribution < -0.4 is 0 Å². The van der Waals surface area contributed by atoms with E-state index in [4.69, 9.17) is 4.98 Å². The van der Waals surface area contributed by atoms with Crippen molar-refractivity contribution in [3.63, 3.8) is 0 Å². The number of hydrogen-bond acceptors (Lipinski definition) is 1. The summed E-state index contributed by atoms with van der Waals surface area (Å²) in [7, 11) is 0. The molecule has 1 aromatic carbocycles. The Hall–Kier alpha value is -1.15. The van der Waals surface area contributed by atoms with Gasteiger partial charge in [-0.05, 0) is 37.3 Å². The van der Waals surface area contributed by atoms with E-state index in [0.29, 0.717) is 0 Å². The van der Waals surface area contributed by atoms with Crippen molar-refractivity contribution in [3.8, 4) is 11.3 Å². The maximum absolute atomic E-state index is 4.81. The lowest BCUT2D eigenvalue weighted by Gasteiger charge is -2.17. The Morgan fingerprint density at radius 1 is 1.00 bits per heavy atom. The average Bonchev–Trinajstić information content (AvgIpc) is 2.40. The quantitative estimate of drug-likeness (QED) is 0.758. The van der Waals surface area contributed by atoms with E-state index < -0.39 is 0 Å². The fraction of sp³-hybridized carbons (Fsp3) is 0.267. The molecule has 0 aliphatic heterocycles. The van der Waals surface area contributed by atoms with Gasteiger partial charge in [0.05, 0.1) is 5.69 Å². The predicted molar refractivity (Wildman–Crippen MR) is 74.0 cm³/mol. The smallest absolute Gasteiger partial charge is 0.0716 e. The normalized spacial score (nSPS) is 14.4. The van der Waals surface area contributed by atoms with Crippen molar-refractivity contribution in [1.82, 2.24) is 4.98 Å². The zero-order chi connectivity index (χ0) is 11.7. The Kier molecular flexibility index (Phi) is 2.98. The molecular weight excluding hydrogens is 274 g/mol. The molecule has 1 heterocycles. The lowest BCUT2D eigenvalue weighted by atomic mass is 9.95. The molecule has 1 aromatic heterocycles. The molecule has 0 atom stereocenters. The van der Waals surface area contributed by atoms with Gasteiger partial charge in [0.25, 0.3) is 0 Å². The summed E-state index contributed by atoms with van der Waals surface area (Å²) in [5, 5.41) is 0. The molecule has 1 aliphatic carbocycles. The van der Waals surface area contributed by atoms with E-state index in [-0.39, 0.29) is 0 Å². The van der Waals surface area contributed by atoms with Gasteiger partial charge in [0, 0.05) is 15.7 Å². The Balaban J connectivity index is 2.11. The van der Waals surface area contributed by atoms with Crippen molar-refractivity contribution in [2.24, 2.45) is 0 Å². The predicted octanol–water partition coefficient (Wildman–Crippen LogP) is 4.39. The van der Waals surface area contributed by atoms with E-state index in [1.165, 1.54) is 34.1 Å². The lowest BCUT2D eigenvalue weighted by Crippen LogP contribution is -2.06. The minimum absolute atomic E-state index is 1.08. The monoisotopic (exact) mass is 287 g/mol. The van der Waals surface area contributed by atoms with Crippen LogP contribution in [-0.4, -0.2) is 4.98 Å². The van der Waals surface area contributed by atoms with E-state index >= 15 is 0 Å². The zero-order valence-electron chi connectivity index (χ0n) is 9.62. The first-order valence-electron chi connectivity index (χ1n) is 6.08. The number of fused-ring (bicyclic) bond motifs is 1. The van der Waals surface area contributed by atoms with Gasteiger partial charge in [-0.15, -0.1) is 0 Å². The molecule has 17 heavy (non-hydrogen) atoms. The van der Waals surface area contributed by atoms with Crippen LogP contribution in [0.1, 0.15) is 24.1 Å². The van der Waals surface area contributed by atoms with Crippen LogP contribution >= 0.6 is 15.9 Å². The number of nitrogens with zero attached hydrogens (tertiary/aromatic N) is 1. The Bertz CT molecular complexity index is 534. The van der Waals surface area contributed by atoms with Crippen molar-refractivity contribution < 1.29 is 0 Å². The van der Waals surface area contributed by atoms with Crippen LogP contribution in [0.4, 0.5) is 0 Å². The average molecular weight is 288 g/mol. The van der Waals surface area contributed by atoms with E-state index in [2.05, 4.69) is 46.3 Å². The van der Waals surface area contributed by atoms with Gasteiger partial charge in [-0.3, -0.25) is 4.98 Å². The maximum Gasteiger partial charge on any atom is 0.0716 e. The first kappa shape index (κ1) is 11.0. The van der Waals surface area contributed by atoms with E-state index in [0.717, 1.165) is 18.5 Å². The third-order valence-corrected chi connectivity index (χ3v) is 4.02. The summed E-state index contributed by atoms with van der Waals surface area (Å²) >= 11 is 3.69. The van der Waals surface area contributed by atoms with Gasteiger partial charge >= 0.3 is 0 Å². The molecule has 0 radical (unpaired) electrons. The molecule has 86 valence electrons. The molecular formula is C15H14BrN. The van der Waals surface area contributed by atoms with Crippen molar-refractivity contribution in [1.29, 1.82) is 0 Å². The second-order valence-corrected chi connectivity index (χ2v) is 5.34. The molecule has 0 N–H and O–H groups in total. The number of pyridine rings is 1. The number of aromatic nitrogens is 1. The number of hydrogen-bond donors (Lipinski definition) is 0. The number of aryl methyl sites for hydroxylation is 1. The maximum atomic E-state index is 4.81. The van der Waals surface area contributed by atoms with Crippen molar-refractivity contribution in [2.45, 2.75) is 25.7 Å². The summed E-state index contributed by atoms with van der Waals surface area (Å²) < 4.78 is 1.22. The fourth-order valence-corrected chi connectivity index (χ4v) is 3.06. The summed E-state index contributed by atoms with van der Waals surface area (Å²) in [6, 6.07) is 12.5. The summed E-state index contributed by atoms with van der Waals surface area (Å²) in [6.45, 7) is 0. The highest BCUT2D eigenvalue weighted by molar-refractivity contribution is 9.10. The zero-order valence-corrected chi connectivity index (χ0v) is 11.2. The highest BCUT2D eigenvalue weighted by Gasteiger charge is 2.15. The number of benzene rings is 1. The van der Waals surface area contributed by atoms with Crippen LogP contribution in [0, 0.1) is 0 Å². The third-order valence-electron chi connectivity index (χ3n) is 3.32. The van der Waals surface area contributed by atoms with Gasteiger partial charge < -0.3 is 0 Å². The number of rotatable bonds is 1. The van der Waals surface area contributed by atoms with Gasteiger partial charge in [-0.2, -0.15) is 0 Å². The van der Waals surface area contributed by atoms with E-state index in [1.807, 2.05) is 6.07 Å². The van der Waals surface area contributed by atoms with Crippen molar-refractivity contribution in [2.75, 3.05) is 0 Å². The molecule has 0 spiro atoms. The Morgan fingerprint density at radius 2 is 1.76 bits per heavy atom. The largest absolute Gasteiger partial charge is 0.252 e. The molecule has 0 unspecified atom stereocenters. The van der Waals surface area contributed by atoms with Crippen molar-refractivity contribution >= 4 is 15.9 Å². The van der Waals surface area contributed by atoms with E-state index in [1.54, 1.807) is 0 Å². The first-order valence-corrected chi connectivity index (χ1v) is 6.87. The highest BCUT2D eigenvalue weighted by Crippen LogP contribution is 2.30. The van der Waals surface area contributed by atoms with Crippen LogP contribution in [0.2, 0.25) is 0 Å². The summed E-state index contributed by atoms with van der Waals surface area (Å²) in [6.07, 6.45) is 4.84. The molecule has 0 bridgehead atoms. The molecule has 1 nitrogen and oxygen atoms in total. The van der Waals surface area contributed by atoms with Crippen LogP contribution in [0.25, 0.3) is 11.3 Å². The van der Waals surface area contributed by atoms with Gasteiger partial charge in [0.15, 0.2) is 0 Å². The van der Waals surface area contributed by atoms with Crippen molar-refractivity contribution in [3.05, 3.63) is 52.1 Å². The fourth-order valence-electron chi connectivity index (χ4n) is 2.41. The molecule has 1 aliphatic rings. The minimum Gasteiger partial charge on any atom is -0.252 e. The van der Waals surface area contributed by atoms with Crippen LogP contribution in [0.5, 0.6) is 0 Å². The topological polar surface area (TPSA) is 12.9 Å². The molecule has 0 fully saturated rings. The molecule has 2 aromatic rings. The van der Waals surface area contributed by atoms with Gasteiger partial charge in [-0.25, -0.2) is 0 Å². The van der Waals surface area contributed by atoms with E-state index in [9.17, 15) is 0 Å². The van der Waals surface area contributed by atoms with Gasteiger partial charge in [0.2, 0.25) is 0 Å². The second kappa shape index (κ2) is 4.61. The third kappa shape index (κ3) is 2.14. The highest BCUT2D eigenvalue weighted by atomic mass is 79.9. The first-order chi connectivity index (χ1) is 8.34. The molecule has 0 saturated heterocycles. The van der Waals surface area contributed by atoms with Crippen LogP contribution in [0.15, 0.2) is 40.9 Å². The summed E-state index contributed by atoms with van der Waals surface area (Å²) in [5.74, 6) is 0. The van der Waals surface area contributed by atoms with Crippen LogP contribution in [0.3, 0.4) is 0 Å². The standard InChI is InChI=1S/C15H14BrN/c16-13-10-15(11-6-2-1-3-7-11)17-14-9-5-4-8-12(13)14/h1-3,6-7,10H,4-5,8-9H2. The minimum atomic E-state index is 1.08. The second-order valence-electron chi connectivity index (χ2n) is 4.49. The SMILES string of the molecule is Brc1cc(-c2ccccc2)nc2c1CCCC2. The van der Waals surface area contributed by atoms with Crippen LogP contribution in [-0.2, 0) is 12.8 Å². The summed E-state index contributed by atoms with van der Waals surface area (Å²) in [4.78, 5) is 4.81. The number of halogens is 1. The molecule has 2 heteroatoms. The Labute approximate surface area is 110 Å². The Morgan fingerprint density at radius 3 is 2.59 bits per heavy atom. The molecule has 0 saturated carbocycles. The van der Waals surface area contributed by atoms with Gasteiger partial charge in [-0.1, -0.05) is 46.3 Å². The molecule has 3 rings (SSSR count). The van der Waals surface area contributed by atoms with Gasteiger partial charge in [0.1, 0.15) is 0 Å².